The summed E-state index contributed by atoms with van der Waals surface area (Å²) in [5, 5.41) is 8.64. The monoisotopic (exact) mass is 362 g/mol. The van der Waals surface area contributed by atoms with Gasteiger partial charge in [0, 0.05) is 24.9 Å². The zero-order valence-corrected chi connectivity index (χ0v) is 14.6. The minimum atomic E-state index is -0.320. The van der Waals surface area contributed by atoms with Crippen molar-refractivity contribution in [2.45, 2.75) is 19.4 Å². The first-order valence-electron chi connectivity index (χ1n) is 7.82. The third kappa shape index (κ3) is 2.39. The predicted molar refractivity (Wildman–Crippen MR) is 94.3 cm³/mol. The summed E-state index contributed by atoms with van der Waals surface area (Å²) in [5.74, 6) is 0.896. The van der Waals surface area contributed by atoms with E-state index in [1.54, 1.807) is 12.3 Å². The molecule has 1 fully saturated rings. The van der Waals surface area contributed by atoms with Gasteiger partial charge in [-0.15, -0.1) is 0 Å². The van der Waals surface area contributed by atoms with Gasteiger partial charge in [-0.05, 0) is 31.0 Å². The van der Waals surface area contributed by atoms with E-state index in [0.717, 1.165) is 36.6 Å². The Bertz CT molecular complexity index is 854. The number of anilines is 1. The molecule has 2 aromatic rings. The van der Waals surface area contributed by atoms with E-state index in [9.17, 15) is 4.79 Å². The Hall–Kier alpha value is -1.98. The zero-order chi connectivity index (χ0) is 16.8. The van der Waals surface area contributed by atoms with Gasteiger partial charge in [-0.3, -0.25) is 4.79 Å². The van der Waals surface area contributed by atoms with Gasteiger partial charge >= 0.3 is 0 Å². The molecule has 1 atom stereocenters. The number of carbonyl (C=O) groups is 1. The number of likely N-dealkylation sites (tertiary alicyclic amines) is 1. The van der Waals surface area contributed by atoms with Crippen molar-refractivity contribution in [3.63, 3.8) is 0 Å². The van der Waals surface area contributed by atoms with Gasteiger partial charge in [0.25, 0.3) is 5.91 Å². The summed E-state index contributed by atoms with van der Waals surface area (Å²) in [6, 6.07) is 7.03. The van der Waals surface area contributed by atoms with Crippen molar-refractivity contribution >= 4 is 34.9 Å². The molecule has 24 heavy (non-hydrogen) atoms. The molecule has 0 aliphatic carbocycles. The van der Waals surface area contributed by atoms with Gasteiger partial charge in [0.05, 0.1) is 21.8 Å². The topological polar surface area (TPSA) is 50.2 Å². The molecule has 124 valence electrons. The summed E-state index contributed by atoms with van der Waals surface area (Å²) in [6.45, 7) is 3.53. The Morgan fingerprint density at radius 3 is 2.71 bits per heavy atom. The summed E-state index contributed by atoms with van der Waals surface area (Å²) >= 11 is 12.3. The molecule has 1 N–H and O–H groups in total. The first-order chi connectivity index (χ1) is 11.6. The Kier molecular flexibility index (Phi) is 3.77. The van der Waals surface area contributed by atoms with Crippen molar-refractivity contribution in [3.05, 3.63) is 57.3 Å². The lowest BCUT2D eigenvalue weighted by Crippen LogP contribution is -2.45. The molecule has 7 heteroatoms. The molecule has 2 aliphatic rings. The molecule has 1 unspecified atom stereocenters. The minimum absolute atomic E-state index is 0.0449. The van der Waals surface area contributed by atoms with Gasteiger partial charge < -0.3 is 10.2 Å². The van der Waals surface area contributed by atoms with Crippen molar-refractivity contribution in [1.29, 1.82) is 0 Å². The average Bonchev–Trinajstić information content (AvgIpc) is 2.94. The van der Waals surface area contributed by atoms with E-state index in [1.165, 1.54) is 0 Å². The minimum Gasteiger partial charge on any atom is -0.344 e. The van der Waals surface area contributed by atoms with Crippen molar-refractivity contribution < 1.29 is 4.79 Å². The molecular formula is C17H16Cl2N4O. The Morgan fingerprint density at radius 2 is 2.04 bits per heavy atom. The van der Waals surface area contributed by atoms with Crippen LogP contribution >= 0.6 is 23.2 Å². The normalized spacial score (nSPS) is 19.6. The first-order valence-corrected chi connectivity index (χ1v) is 8.57. The number of nitrogens with zero attached hydrogens (tertiary/aromatic N) is 3. The smallest absolute Gasteiger partial charge is 0.254 e. The second-order valence-electron chi connectivity index (χ2n) is 6.05. The molecule has 3 heterocycles. The van der Waals surface area contributed by atoms with Crippen LogP contribution in [0.2, 0.25) is 10.0 Å². The maximum atomic E-state index is 13.0. The lowest BCUT2D eigenvalue weighted by molar-refractivity contribution is -0.130. The van der Waals surface area contributed by atoms with Crippen LogP contribution in [0, 0.1) is 0 Å². The average molecular weight is 363 g/mol. The largest absolute Gasteiger partial charge is 0.344 e. The number of aromatic nitrogens is 2. The molecule has 0 bridgehead atoms. The number of fused-ring (bicyclic) bond motifs is 1. The second-order valence-corrected chi connectivity index (χ2v) is 6.86. The molecule has 1 saturated heterocycles. The fraction of sp³-hybridized carbons (Fsp3) is 0.294. The van der Waals surface area contributed by atoms with E-state index < -0.39 is 0 Å². The number of carbonyl (C=O) groups excluding carboxylic acids is 1. The number of amides is 1. The standard InChI is InChI=1S/C17H16Cl2N4O/c1-10-15(17(24)22-7-2-8-22)16(23-14(21-10)5-6-20-23)11-3-4-12(18)13(19)9-11/h3-6,9,16,21H,2,7-8H2,1H3. The fourth-order valence-electron chi connectivity index (χ4n) is 3.16. The third-order valence-electron chi connectivity index (χ3n) is 4.54. The zero-order valence-electron chi connectivity index (χ0n) is 13.1. The van der Waals surface area contributed by atoms with Gasteiger partial charge in [0.15, 0.2) is 0 Å². The third-order valence-corrected chi connectivity index (χ3v) is 5.28. The molecule has 1 aromatic heterocycles. The van der Waals surface area contributed by atoms with E-state index in [0.29, 0.717) is 15.6 Å². The second kappa shape index (κ2) is 5.83. The molecule has 4 rings (SSSR count). The van der Waals surface area contributed by atoms with Crippen LogP contribution < -0.4 is 5.32 Å². The van der Waals surface area contributed by atoms with Crippen LogP contribution in [-0.2, 0) is 4.79 Å². The quantitative estimate of drug-likeness (QED) is 0.885. The molecule has 1 amide bonds. The van der Waals surface area contributed by atoms with Crippen molar-refractivity contribution in [3.8, 4) is 0 Å². The molecule has 5 nitrogen and oxygen atoms in total. The lowest BCUT2D eigenvalue weighted by Gasteiger charge is -2.36. The summed E-state index contributed by atoms with van der Waals surface area (Å²) in [7, 11) is 0. The van der Waals surface area contributed by atoms with Gasteiger partial charge in [0.2, 0.25) is 0 Å². The van der Waals surface area contributed by atoms with Crippen LogP contribution in [0.4, 0.5) is 5.82 Å². The molecule has 1 aromatic carbocycles. The van der Waals surface area contributed by atoms with Crippen LogP contribution in [0.3, 0.4) is 0 Å². The van der Waals surface area contributed by atoms with Crippen LogP contribution in [-0.4, -0.2) is 33.7 Å². The molecule has 0 spiro atoms. The summed E-state index contributed by atoms with van der Waals surface area (Å²) in [5.41, 5.74) is 2.43. The Balaban J connectivity index is 1.85. The van der Waals surface area contributed by atoms with E-state index >= 15 is 0 Å². The number of nitrogens with one attached hydrogen (secondary N) is 1. The number of hydrogen-bond acceptors (Lipinski definition) is 3. The van der Waals surface area contributed by atoms with Crippen LogP contribution in [0.25, 0.3) is 0 Å². The van der Waals surface area contributed by atoms with Crippen molar-refractivity contribution in [2.24, 2.45) is 0 Å². The Labute approximate surface area is 149 Å². The van der Waals surface area contributed by atoms with Crippen LogP contribution in [0.1, 0.15) is 24.9 Å². The highest BCUT2D eigenvalue weighted by Crippen LogP contribution is 2.38. The highest BCUT2D eigenvalue weighted by Gasteiger charge is 2.36. The predicted octanol–water partition coefficient (Wildman–Crippen LogP) is 3.71. The van der Waals surface area contributed by atoms with Gasteiger partial charge in [-0.25, -0.2) is 4.68 Å². The van der Waals surface area contributed by atoms with Gasteiger partial charge in [-0.1, -0.05) is 29.3 Å². The number of hydrogen-bond donors (Lipinski definition) is 1. The lowest BCUT2D eigenvalue weighted by atomic mass is 9.93. The molecule has 2 aliphatic heterocycles. The highest BCUT2D eigenvalue weighted by atomic mass is 35.5. The first kappa shape index (κ1) is 15.5. The van der Waals surface area contributed by atoms with E-state index in [2.05, 4.69) is 10.4 Å². The molecular weight excluding hydrogens is 347 g/mol. The Morgan fingerprint density at radius 1 is 1.25 bits per heavy atom. The maximum Gasteiger partial charge on any atom is 0.254 e. The summed E-state index contributed by atoms with van der Waals surface area (Å²) in [4.78, 5) is 14.8. The van der Waals surface area contributed by atoms with E-state index in [1.807, 2.05) is 34.7 Å². The van der Waals surface area contributed by atoms with E-state index in [-0.39, 0.29) is 11.9 Å². The summed E-state index contributed by atoms with van der Waals surface area (Å²) < 4.78 is 1.82. The number of rotatable bonds is 2. The SMILES string of the molecule is CC1=C(C(=O)N2CCC2)C(c2ccc(Cl)c(Cl)c2)n2nccc2N1. The van der Waals surface area contributed by atoms with Crippen LogP contribution in [0.5, 0.6) is 0 Å². The number of halogens is 2. The number of benzene rings is 1. The van der Waals surface area contributed by atoms with Crippen LogP contribution in [0.15, 0.2) is 41.7 Å². The van der Waals surface area contributed by atoms with Crippen molar-refractivity contribution in [1.82, 2.24) is 14.7 Å². The summed E-state index contributed by atoms with van der Waals surface area (Å²) in [6.07, 6.45) is 2.77. The maximum absolute atomic E-state index is 13.0. The molecule has 0 radical (unpaired) electrons. The van der Waals surface area contributed by atoms with Gasteiger partial charge in [0.1, 0.15) is 11.9 Å². The van der Waals surface area contributed by atoms with E-state index in [4.69, 9.17) is 23.2 Å². The van der Waals surface area contributed by atoms with Gasteiger partial charge in [-0.2, -0.15) is 5.10 Å². The highest BCUT2D eigenvalue weighted by molar-refractivity contribution is 6.42. The fourth-order valence-corrected chi connectivity index (χ4v) is 3.47. The number of allylic oxidation sites excluding steroid dienone is 1. The van der Waals surface area contributed by atoms with Crippen molar-refractivity contribution in [2.75, 3.05) is 18.4 Å². The molecule has 0 saturated carbocycles.